The first-order chi connectivity index (χ1) is 11.5. The minimum Gasteiger partial charge on any atom is -0.459 e. The molecule has 1 aromatic carbocycles. The molecule has 0 aliphatic carbocycles. The van der Waals surface area contributed by atoms with E-state index in [4.69, 9.17) is 4.74 Å². The van der Waals surface area contributed by atoms with Crippen molar-refractivity contribution in [1.29, 1.82) is 0 Å². The SMILES string of the molecule is CCCCCCCCCCOC(=O)C(=O)Nc1ccc(C)c(C)c1. The van der Waals surface area contributed by atoms with Crippen LogP contribution in [0.2, 0.25) is 0 Å². The Morgan fingerprint density at radius 3 is 2.17 bits per heavy atom. The summed E-state index contributed by atoms with van der Waals surface area (Å²) in [5, 5.41) is 2.58. The van der Waals surface area contributed by atoms with E-state index in [1.54, 1.807) is 6.07 Å². The Balaban J connectivity index is 2.14. The summed E-state index contributed by atoms with van der Waals surface area (Å²) in [6.07, 6.45) is 9.43. The molecule has 0 saturated heterocycles. The van der Waals surface area contributed by atoms with Gasteiger partial charge in [0.25, 0.3) is 0 Å². The number of anilines is 1. The van der Waals surface area contributed by atoms with Crippen LogP contribution in [0.1, 0.15) is 69.4 Å². The molecule has 0 aliphatic rings. The van der Waals surface area contributed by atoms with Crippen molar-refractivity contribution in [2.45, 2.75) is 72.1 Å². The molecule has 0 aromatic heterocycles. The van der Waals surface area contributed by atoms with Gasteiger partial charge in [-0.2, -0.15) is 0 Å². The standard InChI is InChI=1S/C20H31NO3/c1-4-5-6-7-8-9-10-11-14-24-20(23)19(22)21-18-13-12-16(2)17(3)15-18/h12-13,15H,4-11,14H2,1-3H3,(H,21,22). The van der Waals surface area contributed by atoms with Crippen molar-refractivity contribution in [2.24, 2.45) is 0 Å². The minimum atomic E-state index is -0.809. The number of hydrogen-bond acceptors (Lipinski definition) is 3. The van der Waals surface area contributed by atoms with Crippen molar-refractivity contribution in [2.75, 3.05) is 11.9 Å². The van der Waals surface area contributed by atoms with Gasteiger partial charge >= 0.3 is 11.9 Å². The highest BCUT2D eigenvalue weighted by atomic mass is 16.5. The van der Waals surface area contributed by atoms with E-state index < -0.39 is 11.9 Å². The topological polar surface area (TPSA) is 55.4 Å². The Hall–Kier alpha value is -1.84. The average molecular weight is 333 g/mol. The first kappa shape index (κ1) is 20.2. The van der Waals surface area contributed by atoms with E-state index in [1.807, 2.05) is 26.0 Å². The molecular weight excluding hydrogens is 302 g/mol. The molecule has 0 spiro atoms. The number of nitrogens with one attached hydrogen (secondary N) is 1. The maximum atomic E-state index is 11.8. The van der Waals surface area contributed by atoms with E-state index in [2.05, 4.69) is 12.2 Å². The van der Waals surface area contributed by atoms with Gasteiger partial charge in [0, 0.05) is 5.69 Å². The molecule has 0 fully saturated rings. The molecule has 0 radical (unpaired) electrons. The predicted molar refractivity (Wildman–Crippen MR) is 98.1 cm³/mol. The van der Waals surface area contributed by atoms with Gasteiger partial charge in [-0.1, -0.05) is 57.9 Å². The van der Waals surface area contributed by atoms with Crippen molar-refractivity contribution in [3.8, 4) is 0 Å². The summed E-state index contributed by atoms with van der Waals surface area (Å²) >= 11 is 0. The van der Waals surface area contributed by atoms with Crippen molar-refractivity contribution in [3.05, 3.63) is 29.3 Å². The maximum absolute atomic E-state index is 11.8. The van der Waals surface area contributed by atoms with Crippen LogP contribution in [0, 0.1) is 13.8 Å². The Morgan fingerprint density at radius 2 is 1.54 bits per heavy atom. The van der Waals surface area contributed by atoms with E-state index in [0.717, 1.165) is 30.4 Å². The van der Waals surface area contributed by atoms with Crippen LogP contribution < -0.4 is 5.32 Å². The fraction of sp³-hybridized carbons (Fsp3) is 0.600. The summed E-state index contributed by atoms with van der Waals surface area (Å²) in [4.78, 5) is 23.5. The summed E-state index contributed by atoms with van der Waals surface area (Å²) in [6.45, 7) is 6.49. The summed E-state index contributed by atoms with van der Waals surface area (Å²) in [5.41, 5.74) is 2.83. The summed E-state index contributed by atoms with van der Waals surface area (Å²) < 4.78 is 5.02. The monoisotopic (exact) mass is 333 g/mol. The molecule has 0 saturated carbocycles. The second kappa shape index (κ2) is 11.7. The summed E-state index contributed by atoms with van der Waals surface area (Å²) in [7, 11) is 0. The van der Waals surface area contributed by atoms with Crippen molar-refractivity contribution in [3.63, 3.8) is 0 Å². The second-order valence-electron chi connectivity index (χ2n) is 6.36. The number of ether oxygens (including phenoxy) is 1. The Kier molecular flexibility index (Phi) is 9.81. The quantitative estimate of drug-likeness (QED) is 0.375. The lowest BCUT2D eigenvalue weighted by Gasteiger charge is -2.08. The highest BCUT2D eigenvalue weighted by molar-refractivity contribution is 6.37. The number of esters is 1. The van der Waals surface area contributed by atoms with Gasteiger partial charge in [0.15, 0.2) is 0 Å². The molecule has 0 unspecified atom stereocenters. The molecule has 1 rings (SSSR count). The van der Waals surface area contributed by atoms with E-state index >= 15 is 0 Å². The zero-order valence-electron chi connectivity index (χ0n) is 15.3. The molecular formula is C20H31NO3. The van der Waals surface area contributed by atoms with Gasteiger partial charge < -0.3 is 10.1 Å². The van der Waals surface area contributed by atoms with Crippen LogP contribution in [0.5, 0.6) is 0 Å². The Labute approximate surface area is 146 Å². The first-order valence-electron chi connectivity index (χ1n) is 9.10. The normalized spacial score (nSPS) is 10.5. The van der Waals surface area contributed by atoms with Crippen LogP contribution >= 0.6 is 0 Å². The number of carbonyl (C=O) groups is 2. The van der Waals surface area contributed by atoms with Crippen LogP contribution in [0.3, 0.4) is 0 Å². The largest absolute Gasteiger partial charge is 0.459 e. The van der Waals surface area contributed by atoms with Crippen LogP contribution in [-0.2, 0) is 14.3 Å². The third kappa shape index (κ3) is 8.14. The van der Waals surface area contributed by atoms with E-state index in [0.29, 0.717) is 12.3 Å². The molecule has 0 atom stereocenters. The van der Waals surface area contributed by atoms with Gasteiger partial charge in [0.2, 0.25) is 0 Å². The Bertz CT molecular complexity index is 526. The molecule has 1 N–H and O–H groups in total. The number of benzene rings is 1. The molecule has 0 heterocycles. The van der Waals surface area contributed by atoms with Gasteiger partial charge in [0.05, 0.1) is 6.61 Å². The molecule has 0 aliphatic heterocycles. The predicted octanol–water partition coefficient (Wildman–Crippen LogP) is 4.93. The minimum absolute atomic E-state index is 0.314. The van der Waals surface area contributed by atoms with E-state index in [-0.39, 0.29) is 0 Å². The molecule has 134 valence electrons. The lowest BCUT2D eigenvalue weighted by Crippen LogP contribution is -2.25. The highest BCUT2D eigenvalue weighted by Gasteiger charge is 2.15. The average Bonchev–Trinajstić information content (AvgIpc) is 2.56. The second-order valence-corrected chi connectivity index (χ2v) is 6.36. The van der Waals surface area contributed by atoms with E-state index in [1.165, 1.54) is 32.1 Å². The molecule has 24 heavy (non-hydrogen) atoms. The van der Waals surface area contributed by atoms with Crippen LogP contribution in [0.15, 0.2) is 18.2 Å². The molecule has 1 aromatic rings. The fourth-order valence-corrected chi connectivity index (χ4v) is 2.47. The van der Waals surface area contributed by atoms with Gasteiger partial charge in [-0.05, 0) is 43.5 Å². The molecule has 4 nitrogen and oxygen atoms in total. The number of aryl methyl sites for hydroxylation is 2. The first-order valence-corrected chi connectivity index (χ1v) is 9.10. The highest BCUT2D eigenvalue weighted by Crippen LogP contribution is 2.14. The van der Waals surface area contributed by atoms with Crippen LogP contribution in [0.4, 0.5) is 5.69 Å². The summed E-state index contributed by atoms with van der Waals surface area (Å²) in [6, 6.07) is 5.54. The van der Waals surface area contributed by atoms with Gasteiger partial charge in [0.1, 0.15) is 0 Å². The lowest BCUT2D eigenvalue weighted by atomic mass is 10.1. The zero-order chi connectivity index (χ0) is 17.8. The number of amides is 1. The van der Waals surface area contributed by atoms with Crippen molar-refractivity contribution < 1.29 is 14.3 Å². The number of rotatable bonds is 10. The fourth-order valence-electron chi connectivity index (χ4n) is 2.47. The van der Waals surface area contributed by atoms with Gasteiger partial charge in [-0.3, -0.25) is 4.79 Å². The van der Waals surface area contributed by atoms with Gasteiger partial charge in [-0.25, -0.2) is 4.79 Å². The lowest BCUT2D eigenvalue weighted by molar-refractivity contribution is -0.152. The number of unbranched alkanes of at least 4 members (excludes halogenated alkanes) is 7. The molecule has 0 bridgehead atoms. The third-order valence-corrected chi connectivity index (χ3v) is 4.18. The summed E-state index contributed by atoms with van der Waals surface area (Å²) in [5.74, 6) is -1.52. The number of carbonyl (C=O) groups excluding carboxylic acids is 2. The van der Waals surface area contributed by atoms with Crippen molar-refractivity contribution >= 4 is 17.6 Å². The van der Waals surface area contributed by atoms with Crippen LogP contribution in [-0.4, -0.2) is 18.5 Å². The molecule has 1 amide bonds. The smallest absolute Gasteiger partial charge is 0.397 e. The molecule has 4 heteroatoms. The van der Waals surface area contributed by atoms with Crippen LogP contribution in [0.25, 0.3) is 0 Å². The Morgan fingerprint density at radius 1 is 0.917 bits per heavy atom. The maximum Gasteiger partial charge on any atom is 0.397 e. The third-order valence-electron chi connectivity index (χ3n) is 4.18. The number of hydrogen-bond donors (Lipinski definition) is 1. The zero-order valence-corrected chi connectivity index (χ0v) is 15.3. The van der Waals surface area contributed by atoms with Gasteiger partial charge in [-0.15, -0.1) is 0 Å². The van der Waals surface area contributed by atoms with Crippen molar-refractivity contribution in [1.82, 2.24) is 0 Å². The van der Waals surface area contributed by atoms with E-state index in [9.17, 15) is 9.59 Å².